The van der Waals surface area contributed by atoms with Crippen LogP contribution in [0.3, 0.4) is 0 Å². The topological polar surface area (TPSA) is 89.3 Å². The normalized spacial score (nSPS) is 18.4. The van der Waals surface area contributed by atoms with Gasteiger partial charge in [-0.3, -0.25) is 10.1 Å². The van der Waals surface area contributed by atoms with Gasteiger partial charge in [0.15, 0.2) is 0 Å². The maximum absolute atomic E-state index is 12.4. The van der Waals surface area contributed by atoms with Crippen molar-refractivity contribution in [3.63, 3.8) is 0 Å². The van der Waals surface area contributed by atoms with Crippen LogP contribution in [-0.2, 0) is 10.0 Å². The largest absolute Gasteiger partial charge is 0.289 e. The van der Waals surface area contributed by atoms with E-state index >= 15 is 0 Å². The first kappa shape index (κ1) is 16.2. The van der Waals surface area contributed by atoms with Gasteiger partial charge in [0.05, 0.1) is 9.82 Å². The lowest BCUT2D eigenvalue weighted by molar-refractivity contribution is -0.384. The Labute approximate surface area is 128 Å². The Balaban J connectivity index is 2.31. The molecule has 0 radical (unpaired) electrons. The summed E-state index contributed by atoms with van der Waals surface area (Å²) in [5, 5.41) is 10.8. The summed E-state index contributed by atoms with van der Waals surface area (Å²) < 4.78 is 27.5. The number of sulfonamides is 1. The number of hydrogen-bond acceptors (Lipinski definition) is 4. The highest BCUT2D eigenvalue weighted by molar-refractivity contribution is 7.89. The summed E-state index contributed by atoms with van der Waals surface area (Å²) in [6, 6.07) is 3.51. The quantitative estimate of drug-likeness (QED) is 0.677. The van der Waals surface area contributed by atoms with Gasteiger partial charge in [0, 0.05) is 11.6 Å². The summed E-state index contributed by atoms with van der Waals surface area (Å²) in [7, 11) is -3.80. The molecule has 1 aliphatic rings. The minimum Gasteiger partial charge on any atom is -0.258 e. The van der Waals surface area contributed by atoms with Crippen molar-refractivity contribution in [1.82, 2.24) is 4.72 Å². The van der Waals surface area contributed by atoms with Gasteiger partial charge in [0.2, 0.25) is 10.0 Å². The molecule has 0 unspecified atom stereocenters. The smallest absolute Gasteiger partial charge is 0.258 e. The zero-order valence-electron chi connectivity index (χ0n) is 11.6. The Kier molecular flexibility index (Phi) is 4.55. The van der Waals surface area contributed by atoms with Gasteiger partial charge in [-0.1, -0.05) is 30.9 Å². The zero-order valence-corrected chi connectivity index (χ0v) is 13.2. The molecule has 0 amide bonds. The predicted octanol–water partition coefficient (Wildman–Crippen LogP) is 3.25. The summed E-state index contributed by atoms with van der Waals surface area (Å²) in [4.78, 5) is 10.0. The summed E-state index contributed by atoms with van der Waals surface area (Å²) in [5.74, 6) is 0. The molecule has 6 nitrogen and oxygen atoms in total. The van der Waals surface area contributed by atoms with Crippen LogP contribution in [-0.4, -0.2) is 18.9 Å². The Morgan fingerprint density at radius 2 is 1.90 bits per heavy atom. The molecule has 1 aromatic rings. The van der Waals surface area contributed by atoms with E-state index in [1.54, 1.807) is 0 Å². The van der Waals surface area contributed by atoms with Crippen molar-refractivity contribution in [3.05, 3.63) is 33.3 Å². The van der Waals surface area contributed by atoms with E-state index in [0.29, 0.717) is 0 Å². The third kappa shape index (κ3) is 3.72. The van der Waals surface area contributed by atoms with Gasteiger partial charge >= 0.3 is 0 Å². The number of rotatable bonds is 4. The number of benzene rings is 1. The second-order valence-corrected chi connectivity index (χ2v) is 7.69. The molecule has 0 heterocycles. The van der Waals surface area contributed by atoms with E-state index in [4.69, 9.17) is 11.6 Å². The van der Waals surface area contributed by atoms with Crippen molar-refractivity contribution in [3.8, 4) is 0 Å². The summed E-state index contributed by atoms with van der Waals surface area (Å²) >= 11 is 5.70. The van der Waals surface area contributed by atoms with Gasteiger partial charge in [-0.05, 0) is 31.9 Å². The van der Waals surface area contributed by atoms with Gasteiger partial charge < -0.3 is 0 Å². The molecule has 1 saturated carbocycles. The summed E-state index contributed by atoms with van der Waals surface area (Å²) in [6.07, 6.45) is 4.58. The first-order chi connectivity index (χ1) is 9.73. The molecule has 0 saturated heterocycles. The highest BCUT2D eigenvalue weighted by Crippen LogP contribution is 2.31. The number of hydrogen-bond donors (Lipinski definition) is 1. The van der Waals surface area contributed by atoms with Crippen LogP contribution in [0.25, 0.3) is 0 Å². The molecule has 1 N–H and O–H groups in total. The van der Waals surface area contributed by atoms with Crippen LogP contribution in [0.1, 0.15) is 39.0 Å². The molecule has 1 fully saturated rings. The number of nitrogens with one attached hydrogen (secondary N) is 1. The van der Waals surface area contributed by atoms with Crippen LogP contribution in [0, 0.1) is 10.1 Å². The lowest BCUT2D eigenvalue weighted by Crippen LogP contribution is -2.47. The summed E-state index contributed by atoms with van der Waals surface area (Å²) in [5.41, 5.74) is -0.903. The summed E-state index contributed by atoms with van der Waals surface area (Å²) in [6.45, 7) is 1.87. The average Bonchev–Trinajstić information content (AvgIpc) is 2.38. The fourth-order valence-corrected chi connectivity index (χ4v) is 4.29. The fourth-order valence-electron chi connectivity index (χ4n) is 2.62. The molecule has 1 aromatic carbocycles. The van der Waals surface area contributed by atoms with Gasteiger partial charge in [0.25, 0.3) is 5.69 Å². The lowest BCUT2D eigenvalue weighted by atomic mass is 9.84. The first-order valence-electron chi connectivity index (χ1n) is 6.71. The van der Waals surface area contributed by atoms with Gasteiger partial charge in [-0.15, -0.1) is 0 Å². The van der Waals surface area contributed by atoms with Gasteiger partial charge in [0.1, 0.15) is 5.02 Å². The van der Waals surface area contributed by atoms with Gasteiger partial charge in [-0.2, -0.15) is 0 Å². The van der Waals surface area contributed by atoms with Gasteiger partial charge in [-0.25, -0.2) is 13.1 Å². The minimum absolute atomic E-state index is 0.0807. The van der Waals surface area contributed by atoms with E-state index < -0.39 is 26.2 Å². The molecule has 2 rings (SSSR count). The van der Waals surface area contributed by atoms with Crippen LogP contribution in [0.2, 0.25) is 5.02 Å². The van der Waals surface area contributed by atoms with E-state index in [0.717, 1.165) is 38.2 Å². The highest BCUT2D eigenvalue weighted by Gasteiger charge is 2.32. The minimum atomic E-state index is -3.80. The Morgan fingerprint density at radius 3 is 2.48 bits per heavy atom. The van der Waals surface area contributed by atoms with Crippen LogP contribution < -0.4 is 4.72 Å². The van der Waals surface area contributed by atoms with Crippen molar-refractivity contribution < 1.29 is 13.3 Å². The Hall–Kier alpha value is -1.18. The SMILES string of the molecule is CC1(NS(=O)(=O)c2ccc(Cl)c([N+](=O)[O-])c2)CCCCC1. The second kappa shape index (κ2) is 5.90. The number of halogens is 1. The van der Waals surface area contributed by atoms with Crippen molar-refractivity contribution in [2.45, 2.75) is 49.5 Å². The second-order valence-electron chi connectivity index (χ2n) is 5.60. The van der Waals surface area contributed by atoms with E-state index in [1.165, 1.54) is 12.1 Å². The van der Waals surface area contributed by atoms with Crippen molar-refractivity contribution >= 4 is 27.3 Å². The molecule has 8 heteroatoms. The molecule has 0 aromatic heterocycles. The van der Waals surface area contributed by atoms with E-state index in [9.17, 15) is 18.5 Å². The van der Waals surface area contributed by atoms with Crippen LogP contribution in [0.5, 0.6) is 0 Å². The molecule has 0 bridgehead atoms. The monoisotopic (exact) mass is 332 g/mol. The number of nitro benzene ring substituents is 1. The first-order valence-corrected chi connectivity index (χ1v) is 8.58. The standard InChI is InChI=1S/C13H17ClN2O4S/c1-13(7-3-2-4-8-13)15-21(19,20)10-5-6-11(14)12(9-10)16(17)18/h5-6,9,15H,2-4,7-8H2,1H3. The third-order valence-electron chi connectivity index (χ3n) is 3.76. The van der Waals surface area contributed by atoms with Crippen molar-refractivity contribution in [2.75, 3.05) is 0 Å². The molecular formula is C13H17ClN2O4S. The van der Waals surface area contributed by atoms with Crippen LogP contribution in [0.4, 0.5) is 5.69 Å². The van der Waals surface area contributed by atoms with E-state index in [2.05, 4.69) is 4.72 Å². The van der Waals surface area contributed by atoms with E-state index in [1.807, 2.05) is 6.92 Å². The number of nitro groups is 1. The third-order valence-corrected chi connectivity index (χ3v) is 5.72. The maximum Gasteiger partial charge on any atom is 0.289 e. The van der Waals surface area contributed by atoms with Crippen LogP contribution in [0.15, 0.2) is 23.1 Å². The molecule has 0 aliphatic heterocycles. The fraction of sp³-hybridized carbons (Fsp3) is 0.538. The lowest BCUT2D eigenvalue weighted by Gasteiger charge is -2.34. The van der Waals surface area contributed by atoms with E-state index in [-0.39, 0.29) is 9.92 Å². The molecular weight excluding hydrogens is 316 g/mol. The average molecular weight is 333 g/mol. The highest BCUT2D eigenvalue weighted by atomic mass is 35.5. The molecule has 1 aliphatic carbocycles. The van der Waals surface area contributed by atoms with Crippen molar-refractivity contribution in [2.24, 2.45) is 0 Å². The van der Waals surface area contributed by atoms with Crippen LogP contribution >= 0.6 is 11.6 Å². The Morgan fingerprint density at radius 1 is 1.29 bits per heavy atom. The molecule has 21 heavy (non-hydrogen) atoms. The Bertz CT molecular complexity index is 654. The van der Waals surface area contributed by atoms with Crippen molar-refractivity contribution in [1.29, 1.82) is 0 Å². The molecule has 0 atom stereocenters. The zero-order chi connectivity index (χ0) is 15.7. The number of nitrogens with zero attached hydrogens (tertiary/aromatic N) is 1. The molecule has 116 valence electrons. The predicted molar refractivity (Wildman–Crippen MR) is 79.9 cm³/mol. The maximum atomic E-state index is 12.4. The molecule has 0 spiro atoms.